The second-order valence-electron chi connectivity index (χ2n) is 7.34. The molecule has 2 heterocycles. The topological polar surface area (TPSA) is 64.7 Å². The zero-order chi connectivity index (χ0) is 18.3. The van der Waals surface area contributed by atoms with Crippen LogP contribution in [0, 0.1) is 13.8 Å². The second-order valence-corrected chi connectivity index (χ2v) is 7.34. The Kier molecular flexibility index (Phi) is 4.26. The average Bonchev–Trinajstić information content (AvgIpc) is 3.32. The maximum Gasteiger partial charge on any atom is 0.240 e. The van der Waals surface area contributed by atoms with Gasteiger partial charge in [0, 0.05) is 18.2 Å². The summed E-state index contributed by atoms with van der Waals surface area (Å²) in [5, 5.41) is 7.56. The van der Waals surface area contributed by atoms with Crippen molar-refractivity contribution in [3.05, 3.63) is 47.5 Å². The van der Waals surface area contributed by atoms with E-state index in [0.29, 0.717) is 19.0 Å². The first-order chi connectivity index (χ1) is 12.5. The fraction of sp³-hybridized carbons (Fsp3) is 0.450. The zero-order valence-electron chi connectivity index (χ0n) is 15.6. The van der Waals surface area contributed by atoms with Gasteiger partial charge in [-0.25, -0.2) is 4.98 Å². The molecule has 4 rings (SSSR count). The normalized spacial score (nSPS) is 15.3. The van der Waals surface area contributed by atoms with Crippen molar-refractivity contribution in [1.29, 1.82) is 0 Å². The predicted molar refractivity (Wildman–Crippen MR) is 101 cm³/mol. The van der Waals surface area contributed by atoms with E-state index >= 15 is 0 Å². The highest BCUT2D eigenvalue weighted by molar-refractivity contribution is 5.81. The number of fused-ring (bicyclic) bond motifs is 1. The molecule has 2 aromatic heterocycles. The summed E-state index contributed by atoms with van der Waals surface area (Å²) in [6.45, 7) is 6.97. The molecule has 1 aromatic carbocycles. The molecule has 0 unspecified atom stereocenters. The van der Waals surface area contributed by atoms with Crippen LogP contribution in [-0.2, 0) is 11.3 Å². The third-order valence-corrected chi connectivity index (χ3v) is 4.99. The van der Waals surface area contributed by atoms with Gasteiger partial charge < -0.3 is 9.88 Å². The summed E-state index contributed by atoms with van der Waals surface area (Å²) in [5.74, 6) is 1.57. The third-order valence-electron chi connectivity index (χ3n) is 4.99. The Labute approximate surface area is 153 Å². The Morgan fingerprint density at radius 3 is 2.77 bits per heavy atom. The van der Waals surface area contributed by atoms with Crippen LogP contribution < -0.4 is 5.32 Å². The van der Waals surface area contributed by atoms with E-state index in [4.69, 9.17) is 4.98 Å². The predicted octanol–water partition coefficient (Wildman–Crippen LogP) is 3.10. The van der Waals surface area contributed by atoms with Crippen molar-refractivity contribution in [2.75, 3.05) is 6.54 Å². The van der Waals surface area contributed by atoms with E-state index in [0.717, 1.165) is 28.2 Å². The number of benzene rings is 1. The molecule has 1 fully saturated rings. The van der Waals surface area contributed by atoms with Crippen LogP contribution in [0.1, 0.15) is 48.9 Å². The van der Waals surface area contributed by atoms with E-state index in [-0.39, 0.29) is 11.9 Å². The van der Waals surface area contributed by atoms with Gasteiger partial charge in [-0.3, -0.25) is 9.48 Å². The van der Waals surface area contributed by atoms with Crippen molar-refractivity contribution < 1.29 is 4.79 Å². The molecule has 0 radical (unpaired) electrons. The lowest BCUT2D eigenvalue weighted by Gasteiger charge is -2.16. The van der Waals surface area contributed by atoms with Crippen LogP contribution in [0.4, 0.5) is 0 Å². The second kappa shape index (κ2) is 6.59. The van der Waals surface area contributed by atoms with Gasteiger partial charge in [-0.15, -0.1) is 0 Å². The molecular formula is C20H25N5O. The minimum absolute atomic E-state index is 0.0171. The highest BCUT2D eigenvalue weighted by Gasteiger charge is 2.30. The van der Waals surface area contributed by atoms with Gasteiger partial charge >= 0.3 is 0 Å². The molecule has 0 saturated heterocycles. The Morgan fingerprint density at radius 2 is 2.08 bits per heavy atom. The summed E-state index contributed by atoms with van der Waals surface area (Å²) in [6.07, 6.45) is 2.33. The summed E-state index contributed by atoms with van der Waals surface area (Å²) in [7, 11) is 0. The summed E-state index contributed by atoms with van der Waals surface area (Å²) >= 11 is 0. The molecule has 1 saturated carbocycles. The van der Waals surface area contributed by atoms with Gasteiger partial charge in [-0.05, 0) is 51.8 Å². The highest BCUT2D eigenvalue weighted by Crippen LogP contribution is 2.40. The van der Waals surface area contributed by atoms with E-state index in [9.17, 15) is 4.79 Å². The number of amides is 1. The molecule has 1 aliphatic carbocycles. The van der Waals surface area contributed by atoms with Crippen LogP contribution in [0.2, 0.25) is 0 Å². The number of aromatic nitrogens is 4. The van der Waals surface area contributed by atoms with Gasteiger partial charge in [-0.1, -0.05) is 12.1 Å². The van der Waals surface area contributed by atoms with E-state index in [2.05, 4.69) is 28.0 Å². The molecule has 0 bridgehead atoms. The lowest BCUT2D eigenvalue weighted by Crippen LogP contribution is -2.33. The van der Waals surface area contributed by atoms with Crippen LogP contribution in [0.25, 0.3) is 11.0 Å². The van der Waals surface area contributed by atoms with E-state index in [1.54, 1.807) is 0 Å². The standard InChI is InChI=1S/C20H25N5O/c1-13-10-14(2)25(23-13)15(3)11-21-19(26)12-24-18-7-5-4-6-17(18)22-20(24)16-8-9-16/h4-7,10,15-16H,8-9,11-12H2,1-3H3,(H,21,26)/t15-/m1/s1. The monoisotopic (exact) mass is 351 g/mol. The fourth-order valence-corrected chi connectivity index (χ4v) is 3.55. The summed E-state index contributed by atoms with van der Waals surface area (Å²) < 4.78 is 4.05. The maximum absolute atomic E-state index is 12.6. The first-order valence-electron chi connectivity index (χ1n) is 9.27. The van der Waals surface area contributed by atoms with Gasteiger partial charge in [0.1, 0.15) is 12.4 Å². The van der Waals surface area contributed by atoms with Crippen LogP contribution >= 0.6 is 0 Å². The van der Waals surface area contributed by atoms with Gasteiger partial charge in [0.15, 0.2) is 0 Å². The van der Waals surface area contributed by atoms with Crippen molar-refractivity contribution in [2.24, 2.45) is 0 Å². The van der Waals surface area contributed by atoms with E-state index in [1.807, 2.05) is 42.8 Å². The first-order valence-corrected chi connectivity index (χ1v) is 9.27. The number of aryl methyl sites for hydroxylation is 2. The number of carbonyl (C=O) groups excluding carboxylic acids is 1. The van der Waals surface area contributed by atoms with Crippen molar-refractivity contribution in [1.82, 2.24) is 24.6 Å². The van der Waals surface area contributed by atoms with Crippen LogP contribution in [0.15, 0.2) is 30.3 Å². The molecule has 6 heteroatoms. The molecule has 0 spiro atoms. The SMILES string of the molecule is Cc1cc(C)n([C@H](C)CNC(=O)Cn2c(C3CC3)nc3ccccc32)n1. The number of hydrogen-bond donors (Lipinski definition) is 1. The summed E-state index contributed by atoms with van der Waals surface area (Å²) in [4.78, 5) is 17.3. The Bertz CT molecular complexity index is 950. The van der Waals surface area contributed by atoms with E-state index in [1.165, 1.54) is 12.8 Å². The minimum Gasteiger partial charge on any atom is -0.352 e. The average molecular weight is 351 g/mol. The molecule has 0 aliphatic heterocycles. The Hall–Kier alpha value is -2.63. The largest absolute Gasteiger partial charge is 0.352 e. The summed E-state index contributed by atoms with van der Waals surface area (Å²) in [5.41, 5.74) is 4.12. The molecule has 1 atom stereocenters. The van der Waals surface area contributed by atoms with Gasteiger partial charge in [0.2, 0.25) is 5.91 Å². The number of hydrogen-bond acceptors (Lipinski definition) is 3. The van der Waals surface area contributed by atoms with Crippen molar-refractivity contribution in [3.63, 3.8) is 0 Å². The number of imidazole rings is 1. The smallest absolute Gasteiger partial charge is 0.240 e. The maximum atomic E-state index is 12.6. The molecule has 6 nitrogen and oxygen atoms in total. The molecule has 1 N–H and O–H groups in total. The van der Waals surface area contributed by atoms with Crippen molar-refractivity contribution in [3.8, 4) is 0 Å². The van der Waals surface area contributed by atoms with Crippen molar-refractivity contribution >= 4 is 16.9 Å². The lowest BCUT2D eigenvalue weighted by atomic mass is 10.3. The molecular weight excluding hydrogens is 326 g/mol. The van der Waals surface area contributed by atoms with Crippen molar-refractivity contribution in [2.45, 2.75) is 52.1 Å². The van der Waals surface area contributed by atoms with Gasteiger partial charge in [-0.2, -0.15) is 5.10 Å². The van der Waals surface area contributed by atoms with Crippen LogP contribution in [0.5, 0.6) is 0 Å². The minimum atomic E-state index is 0.0171. The fourth-order valence-electron chi connectivity index (χ4n) is 3.55. The van der Waals surface area contributed by atoms with Crippen LogP contribution in [0.3, 0.4) is 0 Å². The lowest BCUT2D eigenvalue weighted by molar-refractivity contribution is -0.121. The Balaban J connectivity index is 1.46. The van der Waals surface area contributed by atoms with Gasteiger partial charge in [0.05, 0.1) is 22.8 Å². The molecule has 3 aromatic rings. The summed E-state index contributed by atoms with van der Waals surface area (Å²) in [6, 6.07) is 10.2. The van der Waals surface area contributed by atoms with E-state index < -0.39 is 0 Å². The number of nitrogens with zero attached hydrogens (tertiary/aromatic N) is 4. The highest BCUT2D eigenvalue weighted by atomic mass is 16.1. The number of rotatable bonds is 6. The zero-order valence-corrected chi connectivity index (χ0v) is 15.6. The molecule has 26 heavy (non-hydrogen) atoms. The number of para-hydroxylation sites is 2. The molecule has 136 valence electrons. The molecule has 1 amide bonds. The third kappa shape index (κ3) is 3.23. The molecule has 1 aliphatic rings. The van der Waals surface area contributed by atoms with Gasteiger partial charge in [0.25, 0.3) is 0 Å². The van der Waals surface area contributed by atoms with Crippen LogP contribution in [-0.4, -0.2) is 31.8 Å². The quantitative estimate of drug-likeness (QED) is 0.742. The number of carbonyl (C=O) groups is 1. The number of nitrogens with one attached hydrogen (secondary N) is 1. The first kappa shape index (κ1) is 16.8. The Morgan fingerprint density at radius 1 is 1.31 bits per heavy atom.